The van der Waals surface area contributed by atoms with E-state index in [9.17, 15) is 9.59 Å². The molecule has 3 aliphatic rings. The third kappa shape index (κ3) is 3.04. The second kappa shape index (κ2) is 6.12. The van der Waals surface area contributed by atoms with E-state index in [4.69, 9.17) is 4.74 Å². The minimum atomic E-state index is -0.650. The van der Waals surface area contributed by atoms with Crippen LogP contribution >= 0.6 is 0 Å². The molecule has 2 saturated heterocycles. The summed E-state index contributed by atoms with van der Waals surface area (Å²) in [5.74, 6) is -0.944. The molecule has 2 amide bonds. The molecule has 27 heavy (non-hydrogen) atoms. The molecule has 2 fully saturated rings. The van der Waals surface area contributed by atoms with Crippen LogP contribution in [-0.4, -0.2) is 63.4 Å². The monoisotopic (exact) mass is 370 g/mol. The van der Waals surface area contributed by atoms with E-state index in [1.165, 1.54) is 6.33 Å². The van der Waals surface area contributed by atoms with Crippen molar-refractivity contribution in [1.29, 1.82) is 0 Å². The van der Waals surface area contributed by atoms with E-state index in [0.29, 0.717) is 19.6 Å². The lowest BCUT2D eigenvalue weighted by atomic mass is 9.76. The first kappa shape index (κ1) is 18.1. The van der Waals surface area contributed by atoms with Crippen LogP contribution in [0.15, 0.2) is 30.7 Å². The Balaban J connectivity index is 1.55. The third-order valence-electron chi connectivity index (χ3n) is 5.55. The molecule has 1 aromatic rings. The molecule has 0 radical (unpaired) electrons. The summed E-state index contributed by atoms with van der Waals surface area (Å²) >= 11 is 0. The fourth-order valence-corrected chi connectivity index (χ4v) is 4.55. The number of nitrogens with zero attached hydrogens (tertiary/aromatic N) is 4. The van der Waals surface area contributed by atoms with Crippen molar-refractivity contribution in [2.45, 2.75) is 39.0 Å². The van der Waals surface area contributed by atoms with E-state index < -0.39 is 17.4 Å². The van der Waals surface area contributed by atoms with Crippen LogP contribution in [-0.2, 0) is 20.9 Å². The number of carbonyl (C=O) groups is 2. The van der Waals surface area contributed by atoms with Crippen LogP contribution in [0.5, 0.6) is 0 Å². The van der Waals surface area contributed by atoms with Crippen molar-refractivity contribution in [3.8, 4) is 0 Å². The normalized spacial score (nSPS) is 31.5. The number of carbonyl (C=O) groups excluding carboxylic acids is 2. The van der Waals surface area contributed by atoms with Crippen LogP contribution in [0.1, 0.15) is 26.5 Å². The van der Waals surface area contributed by atoms with Gasteiger partial charge in [0.15, 0.2) is 0 Å². The summed E-state index contributed by atoms with van der Waals surface area (Å²) < 4.78 is 6.19. The molecule has 1 aromatic heterocycles. The van der Waals surface area contributed by atoms with Crippen molar-refractivity contribution in [1.82, 2.24) is 19.8 Å². The van der Waals surface area contributed by atoms with E-state index in [2.05, 4.69) is 30.7 Å². The molecule has 0 saturated carbocycles. The van der Waals surface area contributed by atoms with Crippen molar-refractivity contribution >= 4 is 11.8 Å². The molecule has 0 aromatic carbocycles. The van der Waals surface area contributed by atoms with Gasteiger partial charge in [0.25, 0.3) is 0 Å². The Morgan fingerprint density at radius 1 is 1.44 bits per heavy atom. The average Bonchev–Trinajstić information content (AvgIpc) is 3.22. The highest BCUT2D eigenvalue weighted by atomic mass is 16.5. The van der Waals surface area contributed by atoms with Gasteiger partial charge < -0.3 is 14.5 Å². The molecular weight excluding hydrogens is 344 g/mol. The van der Waals surface area contributed by atoms with Gasteiger partial charge in [-0.3, -0.25) is 9.59 Å². The van der Waals surface area contributed by atoms with Gasteiger partial charge in [0.2, 0.25) is 11.8 Å². The summed E-state index contributed by atoms with van der Waals surface area (Å²) in [6.45, 7) is 7.90. The molecule has 0 N–H and O–H groups in total. The molecular formula is C20H26N4O3. The number of likely N-dealkylation sites (tertiary alicyclic amines) is 1. The molecule has 0 aliphatic carbocycles. The minimum absolute atomic E-state index is 0.00400. The van der Waals surface area contributed by atoms with Crippen LogP contribution in [0.25, 0.3) is 0 Å². The molecule has 3 aliphatic heterocycles. The van der Waals surface area contributed by atoms with Crippen LogP contribution in [0, 0.1) is 17.3 Å². The minimum Gasteiger partial charge on any atom is -0.360 e. The summed E-state index contributed by atoms with van der Waals surface area (Å²) in [5.41, 5.74) is 0.112. The number of aromatic nitrogens is 2. The van der Waals surface area contributed by atoms with Crippen LogP contribution in [0.3, 0.4) is 0 Å². The van der Waals surface area contributed by atoms with Crippen LogP contribution in [0.4, 0.5) is 0 Å². The highest BCUT2D eigenvalue weighted by Crippen LogP contribution is 2.52. The Labute approximate surface area is 159 Å². The molecule has 4 rings (SSSR count). The first-order valence-electron chi connectivity index (χ1n) is 9.36. The summed E-state index contributed by atoms with van der Waals surface area (Å²) in [6, 6.07) is 1.79. The first-order chi connectivity index (χ1) is 12.7. The maximum absolute atomic E-state index is 13.2. The Bertz CT molecular complexity index is 788. The zero-order chi connectivity index (χ0) is 19.4. The molecule has 4 atom stereocenters. The van der Waals surface area contributed by atoms with Gasteiger partial charge in [-0.15, -0.1) is 0 Å². The molecule has 4 heterocycles. The van der Waals surface area contributed by atoms with Gasteiger partial charge in [0.1, 0.15) is 11.9 Å². The number of amides is 2. The molecule has 1 spiro atoms. The Hall–Kier alpha value is -2.28. The van der Waals surface area contributed by atoms with Crippen LogP contribution in [0.2, 0.25) is 0 Å². The highest BCUT2D eigenvalue weighted by molar-refractivity contribution is 5.93. The Morgan fingerprint density at radius 2 is 2.22 bits per heavy atom. The van der Waals surface area contributed by atoms with Crippen molar-refractivity contribution in [3.63, 3.8) is 0 Å². The highest BCUT2D eigenvalue weighted by Gasteiger charge is 2.67. The number of hydrogen-bond donors (Lipinski definition) is 0. The predicted octanol–water partition coefficient (Wildman–Crippen LogP) is 1.26. The van der Waals surface area contributed by atoms with E-state index in [1.807, 2.05) is 17.1 Å². The van der Waals surface area contributed by atoms with Gasteiger partial charge in [0, 0.05) is 19.8 Å². The maximum Gasteiger partial charge on any atom is 0.230 e. The molecule has 144 valence electrons. The lowest BCUT2D eigenvalue weighted by molar-refractivity contribution is -0.143. The van der Waals surface area contributed by atoms with E-state index in [0.717, 1.165) is 5.69 Å². The molecule has 7 heteroatoms. The molecule has 0 unspecified atom stereocenters. The second-order valence-electron chi connectivity index (χ2n) is 9.05. The largest absolute Gasteiger partial charge is 0.360 e. The summed E-state index contributed by atoms with van der Waals surface area (Å²) in [6.07, 6.45) is 6.75. The van der Waals surface area contributed by atoms with E-state index in [-0.39, 0.29) is 23.3 Å². The summed E-state index contributed by atoms with van der Waals surface area (Å²) in [7, 11) is 1.75. The van der Waals surface area contributed by atoms with Gasteiger partial charge in [-0.25, -0.2) is 9.97 Å². The number of fused-ring (bicyclic) bond motifs is 1. The lowest BCUT2D eigenvalue weighted by Crippen LogP contribution is -2.45. The number of rotatable bonds is 4. The predicted molar refractivity (Wildman–Crippen MR) is 98.3 cm³/mol. The van der Waals surface area contributed by atoms with Gasteiger partial charge in [-0.05, 0) is 11.5 Å². The van der Waals surface area contributed by atoms with Gasteiger partial charge in [0.05, 0.1) is 36.7 Å². The third-order valence-corrected chi connectivity index (χ3v) is 5.55. The van der Waals surface area contributed by atoms with Gasteiger partial charge in [-0.1, -0.05) is 32.9 Å². The molecule has 7 nitrogen and oxygen atoms in total. The van der Waals surface area contributed by atoms with Crippen molar-refractivity contribution in [2.24, 2.45) is 17.3 Å². The Morgan fingerprint density at radius 3 is 2.89 bits per heavy atom. The van der Waals surface area contributed by atoms with E-state index in [1.54, 1.807) is 24.2 Å². The zero-order valence-electron chi connectivity index (χ0n) is 16.3. The van der Waals surface area contributed by atoms with Gasteiger partial charge in [-0.2, -0.15) is 0 Å². The lowest BCUT2D eigenvalue weighted by Gasteiger charge is -2.29. The summed E-state index contributed by atoms with van der Waals surface area (Å²) in [4.78, 5) is 38.0. The quantitative estimate of drug-likeness (QED) is 0.746. The smallest absolute Gasteiger partial charge is 0.230 e. The average molecular weight is 370 g/mol. The van der Waals surface area contributed by atoms with E-state index >= 15 is 0 Å². The van der Waals surface area contributed by atoms with Crippen LogP contribution < -0.4 is 0 Å². The number of ether oxygens (including phenoxy) is 1. The zero-order valence-corrected chi connectivity index (χ0v) is 16.3. The van der Waals surface area contributed by atoms with Crippen molar-refractivity contribution < 1.29 is 14.3 Å². The fourth-order valence-electron chi connectivity index (χ4n) is 4.55. The molecule has 2 bridgehead atoms. The van der Waals surface area contributed by atoms with Gasteiger partial charge >= 0.3 is 0 Å². The SMILES string of the molecule is CN(Cc1ccncn1)C(=O)[C@@H]1[C@@H]2C=C[C@@]3(CN(CC(C)(C)C)C(=O)[C@@H]13)O2. The second-order valence-corrected chi connectivity index (χ2v) is 9.05. The number of hydrogen-bond acceptors (Lipinski definition) is 5. The van der Waals surface area contributed by atoms with Crippen molar-refractivity contribution in [2.75, 3.05) is 20.1 Å². The Kier molecular flexibility index (Phi) is 4.10. The summed E-state index contributed by atoms with van der Waals surface area (Å²) in [5, 5.41) is 0. The topological polar surface area (TPSA) is 75.6 Å². The van der Waals surface area contributed by atoms with Crippen molar-refractivity contribution in [3.05, 3.63) is 36.4 Å². The maximum atomic E-state index is 13.2. The standard InChI is InChI=1S/C20H26N4O3/c1-19(2,3)10-24-11-20-7-5-14(27-20)15(16(20)18(24)26)17(25)23(4)9-13-6-8-21-12-22-13/h5-8,12,14-16H,9-11H2,1-4H3/t14-,15+,16+,20-/m0/s1. The first-order valence-corrected chi connectivity index (χ1v) is 9.36. The fraction of sp³-hybridized carbons (Fsp3) is 0.600.